The Bertz CT molecular complexity index is 1340. The molecule has 172 valence electrons. The first-order valence-electron chi connectivity index (χ1n) is 8.95. The molecule has 0 radical (unpaired) electrons. The maximum Gasteiger partial charge on any atom is 0.435 e. The molecular formula is C20H10Cl2F6N4O. The fraction of sp³-hybridized carbons (Fsp3) is 0.150. The Labute approximate surface area is 191 Å². The van der Waals surface area contributed by atoms with Crippen LogP contribution in [0.25, 0.3) is 33.9 Å². The first kappa shape index (κ1) is 23.1. The van der Waals surface area contributed by atoms with Crippen molar-refractivity contribution < 1.29 is 31.1 Å². The van der Waals surface area contributed by atoms with Gasteiger partial charge in [-0.15, -0.1) is 0 Å². The quantitative estimate of drug-likeness (QED) is 0.302. The molecule has 33 heavy (non-hydrogen) atoms. The van der Waals surface area contributed by atoms with Gasteiger partial charge in [-0.2, -0.15) is 26.3 Å². The van der Waals surface area contributed by atoms with Crippen LogP contribution in [0, 0.1) is 0 Å². The number of imidazole rings is 1. The lowest BCUT2D eigenvalue weighted by molar-refractivity contribution is -0.140. The summed E-state index contributed by atoms with van der Waals surface area (Å²) < 4.78 is 85.6. The van der Waals surface area contributed by atoms with E-state index in [2.05, 4.69) is 19.9 Å². The Kier molecular flexibility index (Phi) is 5.65. The lowest BCUT2D eigenvalue weighted by Gasteiger charge is -2.11. The molecule has 5 nitrogen and oxygen atoms in total. The number of nitrogens with zero attached hydrogens (tertiary/aromatic N) is 3. The summed E-state index contributed by atoms with van der Waals surface area (Å²) >= 11 is 12.0. The molecule has 0 unspecified atom stereocenters. The fourth-order valence-electron chi connectivity index (χ4n) is 3.13. The zero-order valence-electron chi connectivity index (χ0n) is 16.2. The Morgan fingerprint density at radius 1 is 0.879 bits per heavy atom. The standard InChI is InChI=1S/C20H10Cl2F6N4O/c1-33-12-5-3-2-4-9(12)16-30-15(20(26,27)28)14-18(31-16)32-17(29-14)13-10(21)6-8(7-11(13)22)19(23,24)25/h2-7H,1H3,(H,29,30,31,32). The van der Waals surface area contributed by atoms with Crippen LogP contribution in [0.15, 0.2) is 36.4 Å². The molecule has 0 amide bonds. The number of nitrogens with one attached hydrogen (secondary N) is 1. The van der Waals surface area contributed by atoms with Crippen LogP contribution >= 0.6 is 23.2 Å². The SMILES string of the molecule is COc1ccccc1-c1nc(C(F)(F)F)c2[nH]c(-c3c(Cl)cc(C(F)(F)F)cc3Cl)nc2n1. The number of rotatable bonds is 3. The molecular weight excluding hydrogens is 497 g/mol. The predicted molar refractivity (Wildman–Crippen MR) is 109 cm³/mol. The molecule has 0 aliphatic rings. The normalized spacial score (nSPS) is 12.4. The molecule has 0 aliphatic carbocycles. The summed E-state index contributed by atoms with van der Waals surface area (Å²) in [7, 11) is 1.34. The molecule has 2 aromatic carbocycles. The van der Waals surface area contributed by atoms with Crippen molar-refractivity contribution in [1.29, 1.82) is 0 Å². The molecule has 0 fully saturated rings. The molecule has 4 rings (SSSR count). The van der Waals surface area contributed by atoms with E-state index in [0.717, 1.165) is 0 Å². The zero-order valence-corrected chi connectivity index (χ0v) is 17.7. The minimum Gasteiger partial charge on any atom is -0.496 e. The van der Waals surface area contributed by atoms with Gasteiger partial charge in [0, 0.05) is 0 Å². The Balaban J connectivity index is 1.96. The van der Waals surface area contributed by atoms with Gasteiger partial charge in [-0.25, -0.2) is 15.0 Å². The van der Waals surface area contributed by atoms with Crippen LogP contribution < -0.4 is 4.74 Å². The van der Waals surface area contributed by atoms with Gasteiger partial charge in [0.25, 0.3) is 0 Å². The van der Waals surface area contributed by atoms with Crippen molar-refractivity contribution in [2.75, 3.05) is 7.11 Å². The molecule has 0 aliphatic heterocycles. The number of benzene rings is 2. The topological polar surface area (TPSA) is 63.7 Å². The Hall–Kier alpha value is -3.05. The summed E-state index contributed by atoms with van der Waals surface area (Å²) in [6.07, 6.45) is -9.63. The van der Waals surface area contributed by atoms with Crippen LogP contribution in [0.1, 0.15) is 11.3 Å². The fourth-order valence-corrected chi connectivity index (χ4v) is 3.80. The highest BCUT2D eigenvalue weighted by molar-refractivity contribution is 6.39. The van der Waals surface area contributed by atoms with Gasteiger partial charge in [0.1, 0.15) is 17.1 Å². The lowest BCUT2D eigenvalue weighted by atomic mass is 10.1. The average molecular weight is 507 g/mol. The number of hydrogen-bond acceptors (Lipinski definition) is 4. The highest BCUT2D eigenvalue weighted by Crippen LogP contribution is 2.41. The van der Waals surface area contributed by atoms with E-state index >= 15 is 0 Å². The van der Waals surface area contributed by atoms with Crippen molar-refractivity contribution in [2.24, 2.45) is 0 Å². The van der Waals surface area contributed by atoms with E-state index < -0.39 is 39.2 Å². The number of para-hydroxylation sites is 1. The van der Waals surface area contributed by atoms with Gasteiger partial charge in [0.2, 0.25) is 0 Å². The van der Waals surface area contributed by atoms with Crippen LogP contribution in [0.4, 0.5) is 26.3 Å². The first-order valence-corrected chi connectivity index (χ1v) is 9.70. The number of ether oxygens (including phenoxy) is 1. The van der Waals surface area contributed by atoms with Crippen LogP contribution in [0.2, 0.25) is 10.0 Å². The number of halogens is 8. The van der Waals surface area contributed by atoms with E-state index in [9.17, 15) is 26.3 Å². The van der Waals surface area contributed by atoms with Gasteiger partial charge in [-0.1, -0.05) is 35.3 Å². The highest BCUT2D eigenvalue weighted by Gasteiger charge is 2.38. The summed E-state index contributed by atoms with van der Waals surface area (Å²) in [5, 5.41) is -0.916. The maximum absolute atomic E-state index is 13.8. The summed E-state index contributed by atoms with van der Waals surface area (Å²) in [6, 6.07) is 7.38. The molecule has 2 aromatic heterocycles. The van der Waals surface area contributed by atoms with Crippen molar-refractivity contribution in [3.8, 4) is 28.5 Å². The number of alkyl halides is 6. The van der Waals surface area contributed by atoms with Crippen molar-refractivity contribution in [2.45, 2.75) is 12.4 Å². The minimum absolute atomic E-state index is 0.183. The molecule has 0 atom stereocenters. The molecule has 0 saturated heterocycles. The third-order valence-electron chi connectivity index (χ3n) is 4.57. The maximum atomic E-state index is 13.8. The second-order valence-electron chi connectivity index (χ2n) is 6.69. The number of aromatic amines is 1. The monoisotopic (exact) mass is 506 g/mol. The van der Waals surface area contributed by atoms with E-state index in [1.54, 1.807) is 12.1 Å². The van der Waals surface area contributed by atoms with Gasteiger partial charge < -0.3 is 9.72 Å². The van der Waals surface area contributed by atoms with Crippen molar-refractivity contribution >= 4 is 34.4 Å². The molecule has 1 N–H and O–H groups in total. The van der Waals surface area contributed by atoms with Gasteiger partial charge in [-0.05, 0) is 24.3 Å². The molecule has 0 saturated carbocycles. The second kappa shape index (κ2) is 8.07. The zero-order chi connectivity index (χ0) is 24.1. The van der Waals surface area contributed by atoms with Gasteiger partial charge >= 0.3 is 12.4 Å². The average Bonchev–Trinajstić information content (AvgIpc) is 3.14. The largest absolute Gasteiger partial charge is 0.496 e. The first-order chi connectivity index (χ1) is 15.4. The molecule has 0 bridgehead atoms. The van der Waals surface area contributed by atoms with E-state index in [1.165, 1.54) is 19.2 Å². The number of methoxy groups -OCH3 is 1. The van der Waals surface area contributed by atoms with E-state index in [-0.39, 0.29) is 34.2 Å². The van der Waals surface area contributed by atoms with Gasteiger partial charge in [0.15, 0.2) is 17.2 Å². The van der Waals surface area contributed by atoms with Crippen LogP contribution in [-0.4, -0.2) is 27.0 Å². The van der Waals surface area contributed by atoms with E-state index in [1.807, 2.05) is 0 Å². The third kappa shape index (κ3) is 4.30. The summed E-state index contributed by atoms with van der Waals surface area (Å²) in [5.74, 6) is -0.379. The van der Waals surface area contributed by atoms with Gasteiger partial charge in [0.05, 0.1) is 33.8 Å². The summed E-state index contributed by atoms with van der Waals surface area (Å²) in [4.78, 5) is 14.1. The Morgan fingerprint density at radius 3 is 2.09 bits per heavy atom. The van der Waals surface area contributed by atoms with Crippen LogP contribution in [0.3, 0.4) is 0 Å². The summed E-state index contributed by atoms with van der Waals surface area (Å²) in [5.41, 5.74) is -3.44. The predicted octanol–water partition coefficient (Wildman–Crippen LogP) is 7.04. The van der Waals surface area contributed by atoms with Crippen molar-refractivity contribution in [3.05, 3.63) is 57.7 Å². The number of fused-ring (bicyclic) bond motifs is 1. The van der Waals surface area contributed by atoms with Crippen molar-refractivity contribution in [1.82, 2.24) is 19.9 Å². The molecule has 2 heterocycles. The molecule has 4 aromatic rings. The highest BCUT2D eigenvalue weighted by atomic mass is 35.5. The Morgan fingerprint density at radius 2 is 1.52 bits per heavy atom. The number of aromatic nitrogens is 4. The van der Waals surface area contributed by atoms with Crippen LogP contribution in [0.5, 0.6) is 5.75 Å². The van der Waals surface area contributed by atoms with E-state index in [4.69, 9.17) is 27.9 Å². The van der Waals surface area contributed by atoms with Crippen molar-refractivity contribution in [3.63, 3.8) is 0 Å². The van der Waals surface area contributed by atoms with Crippen LogP contribution in [-0.2, 0) is 12.4 Å². The smallest absolute Gasteiger partial charge is 0.435 e. The number of hydrogen-bond donors (Lipinski definition) is 1. The van der Waals surface area contributed by atoms with Gasteiger partial charge in [-0.3, -0.25) is 0 Å². The third-order valence-corrected chi connectivity index (χ3v) is 5.17. The summed E-state index contributed by atoms with van der Waals surface area (Å²) in [6.45, 7) is 0. The number of H-pyrrole nitrogens is 1. The van der Waals surface area contributed by atoms with E-state index in [0.29, 0.717) is 12.1 Å². The molecule has 13 heteroatoms. The minimum atomic E-state index is -4.91. The molecule has 0 spiro atoms. The lowest BCUT2D eigenvalue weighted by Crippen LogP contribution is -2.11. The second-order valence-corrected chi connectivity index (χ2v) is 7.50.